The van der Waals surface area contributed by atoms with Gasteiger partial charge in [0.05, 0.1) is 11.3 Å². The molecule has 0 aliphatic heterocycles. The van der Waals surface area contributed by atoms with E-state index in [0.717, 1.165) is 0 Å². The summed E-state index contributed by atoms with van der Waals surface area (Å²) >= 11 is 5.74. The minimum atomic E-state index is -1.09. The van der Waals surface area contributed by atoms with Crippen LogP contribution in [0.3, 0.4) is 0 Å². The fourth-order valence-electron chi connectivity index (χ4n) is 1.25. The first-order valence-electron chi connectivity index (χ1n) is 4.87. The molecular weight excluding hydrogens is 230 g/mol. The van der Waals surface area contributed by atoms with Crippen LogP contribution in [-0.4, -0.2) is 17.0 Å². The summed E-state index contributed by atoms with van der Waals surface area (Å²) in [6.07, 6.45) is 1.06. The minimum Gasteiger partial charge on any atom is -0.478 e. The normalized spacial score (nSPS) is 9.88. The van der Waals surface area contributed by atoms with E-state index in [9.17, 15) is 9.59 Å². The van der Waals surface area contributed by atoms with Crippen molar-refractivity contribution in [3.63, 3.8) is 0 Å². The number of halogens is 1. The zero-order valence-corrected chi connectivity index (χ0v) is 9.54. The van der Waals surface area contributed by atoms with Crippen LogP contribution < -0.4 is 5.32 Å². The van der Waals surface area contributed by atoms with Crippen LogP contribution in [0.2, 0.25) is 5.02 Å². The Balaban J connectivity index is 2.96. The van der Waals surface area contributed by atoms with Crippen molar-refractivity contribution in [2.75, 3.05) is 5.32 Å². The molecule has 0 atom stereocenters. The molecule has 5 heteroatoms. The molecule has 0 fully saturated rings. The summed E-state index contributed by atoms with van der Waals surface area (Å²) in [5.74, 6) is -1.31. The average molecular weight is 242 g/mol. The van der Waals surface area contributed by atoms with Gasteiger partial charge in [-0.2, -0.15) is 0 Å². The molecule has 0 saturated heterocycles. The van der Waals surface area contributed by atoms with E-state index in [1.807, 2.05) is 6.92 Å². The first-order chi connectivity index (χ1) is 7.54. The lowest BCUT2D eigenvalue weighted by atomic mass is 10.1. The number of carboxylic acids is 1. The van der Waals surface area contributed by atoms with Crippen molar-refractivity contribution in [3.05, 3.63) is 28.8 Å². The van der Waals surface area contributed by atoms with Crippen LogP contribution in [0.25, 0.3) is 0 Å². The van der Waals surface area contributed by atoms with E-state index >= 15 is 0 Å². The van der Waals surface area contributed by atoms with Gasteiger partial charge in [-0.15, -0.1) is 0 Å². The average Bonchev–Trinajstić information content (AvgIpc) is 2.17. The van der Waals surface area contributed by atoms with Crippen LogP contribution in [0, 0.1) is 0 Å². The molecule has 1 amide bonds. The number of anilines is 1. The van der Waals surface area contributed by atoms with Gasteiger partial charge in [-0.3, -0.25) is 4.79 Å². The Hall–Kier alpha value is -1.55. The van der Waals surface area contributed by atoms with Crippen LogP contribution in [0.5, 0.6) is 0 Å². The molecule has 1 aromatic rings. The first kappa shape index (κ1) is 12.5. The molecule has 2 N–H and O–H groups in total. The van der Waals surface area contributed by atoms with Crippen molar-refractivity contribution in [1.29, 1.82) is 0 Å². The second-order valence-corrected chi connectivity index (χ2v) is 3.73. The fourth-order valence-corrected chi connectivity index (χ4v) is 1.42. The highest BCUT2D eigenvalue weighted by atomic mass is 35.5. The molecule has 0 aromatic heterocycles. The quantitative estimate of drug-likeness (QED) is 0.852. The SMILES string of the molecule is CCCC(=O)Nc1cc(Cl)ccc1C(=O)O. The molecule has 1 rings (SSSR count). The number of aromatic carboxylic acids is 1. The number of hydrogen-bond acceptors (Lipinski definition) is 2. The Kier molecular flexibility index (Phi) is 4.31. The Morgan fingerprint density at radius 1 is 1.44 bits per heavy atom. The standard InChI is InChI=1S/C11H12ClNO3/c1-2-3-10(14)13-9-6-7(12)4-5-8(9)11(15)16/h4-6H,2-3H2,1H3,(H,13,14)(H,15,16). The largest absolute Gasteiger partial charge is 0.478 e. The van der Waals surface area contributed by atoms with Crippen LogP contribution in [0.1, 0.15) is 30.1 Å². The zero-order chi connectivity index (χ0) is 12.1. The highest BCUT2D eigenvalue weighted by molar-refractivity contribution is 6.31. The number of amides is 1. The van der Waals surface area contributed by atoms with E-state index in [2.05, 4.69) is 5.32 Å². The summed E-state index contributed by atoms with van der Waals surface area (Å²) in [4.78, 5) is 22.2. The second kappa shape index (κ2) is 5.51. The third-order valence-corrected chi connectivity index (χ3v) is 2.20. The molecule has 0 saturated carbocycles. The lowest BCUT2D eigenvalue weighted by molar-refractivity contribution is -0.116. The van der Waals surface area contributed by atoms with E-state index in [1.165, 1.54) is 18.2 Å². The second-order valence-electron chi connectivity index (χ2n) is 3.29. The monoisotopic (exact) mass is 241 g/mol. The maximum atomic E-state index is 11.4. The van der Waals surface area contributed by atoms with Gasteiger partial charge >= 0.3 is 5.97 Å². The summed E-state index contributed by atoms with van der Waals surface area (Å²) < 4.78 is 0. The van der Waals surface area contributed by atoms with Crippen molar-refractivity contribution in [1.82, 2.24) is 0 Å². The number of hydrogen-bond donors (Lipinski definition) is 2. The molecule has 0 aliphatic carbocycles. The molecular formula is C11H12ClNO3. The molecule has 0 radical (unpaired) electrons. The summed E-state index contributed by atoms with van der Waals surface area (Å²) in [6, 6.07) is 4.27. The van der Waals surface area contributed by atoms with Gasteiger partial charge in [-0.1, -0.05) is 18.5 Å². The smallest absolute Gasteiger partial charge is 0.337 e. The third kappa shape index (κ3) is 3.24. The number of rotatable bonds is 4. The van der Waals surface area contributed by atoms with E-state index in [0.29, 0.717) is 17.9 Å². The van der Waals surface area contributed by atoms with Crippen molar-refractivity contribution < 1.29 is 14.7 Å². The zero-order valence-electron chi connectivity index (χ0n) is 8.79. The molecule has 0 unspecified atom stereocenters. The molecule has 0 bridgehead atoms. The predicted octanol–water partition coefficient (Wildman–Crippen LogP) is 2.78. The van der Waals surface area contributed by atoms with E-state index in [-0.39, 0.29) is 17.2 Å². The third-order valence-electron chi connectivity index (χ3n) is 1.96. The van der Waals surface area contributed by atoms with E-state index in [1.54, 1.807) is 0 Å². The van der Waals surface area contributed by atoms with Gasteiger partial charge in [0.25, 0.3) is 0 Å². The van der Waals surface area contributed by atoms with Gasteiger partial charge in [0, 0.05) is 11.4 Å². The predicted molar refractivity (Wildman–Crippen MR) is 61.9 cm³/mol. The number of nitrogens with one attached hydrogen (secondary N) is 1. The maximum Gasteiger partial charge on any atom is 0.337 e. The molecule has 0 spiro atoms. The molecule has 1 aromatic carbocycles. The summed E-state index contributed by atoms with van der Waals surface area (Å²) in [5.41, 5.74) is 0.271. The molecule has 16 heavy (non-hydrogen) atoms. The van der Waals surface area contributed by atoms with Crippen LogP contribution in [0.4, 0.5) is 5.69 Å². The van der Waals surface area contributed by atoms with Gasteiger partial charge in [0.1, 0.15) is 0 Å². The van der Waals surface area contributed by atoms with Gasteiger partial charge in [0.15, 0.2) is 0 Å². The minimum absolute atomic E-state index is 0.0360. The maximum absolute atomic E-state index is 11.4. The van der Waals surface area contributed by atoms with Gasteiger partial charge in [0.2, 0.25) is 5.91 Å². The van der Waals surface area contributed by atoms with Gasteiger partial charge in [-0.25, -0.2) is 4.79 Å². The number of carbonyl (C=O) groups is 2. The number of carboxylic acid groups (broad SMARTS) is 1. The first-order valence-corrected chi connectivity index (χ1v) is 5.25. The van der Waals surface area contributed by atoms with E-state index < -0.39 is 5.97 Å². The molecule has 0 aliphatic rings. The summed E-state index contributed by atoms with van der Waals surface area (Å²) in [5, 5.41) is 11.8. The Morgan fingerprint density at radius 3 is 2.69 bits per heavy atom. The lowest BCUT2D eigenvalue weighted by Gasteiger charge is -2.08. The molecule has 86 valence electrons. The topological polar surface area (TPSA) is 66.4 Å². The molecule has 0 heterocycles. The summed E-state index contributed by atoms with van der Waals surface area (Å²) in [6.45, 7) is 1.87. The van der Waals surface area contributed by atoms with Crippen LogP contribution in [-0.2, 0) is 4.79 Å². The Morgan fingerprint density at radius 2 is 2.12 bits per heavy atom. The Bertz CT molecular complexity index is 418. The highest BCUT2D eigenvalue weighted by Crippen LogP contribution is 2.21. The van der Waals surface area contributed by atoms with Crippen molar-refractivity contribution in [2.24, 2.45) is 0 Å². The van der Waals surface area contributed by atoms with Gasteiger partial charge in [-0.05, 0) is 24.6 Å². The lowest BCUT2D eigenvalue weighted by Crippen LogP contribution is -2.13. The van der Waals surface area contributed by atoms with Crippen molar-refractivity contribution in [2.45, 2.75) is 19.8 Å². The summed E-state index contributed by atoms with van der Waals surface area (Å²) in [7, 11) is 0. The van der Waals surface area contributed by atoms with Gasteiger partial charge < -0.3 is 10.4 Å². The number of carbonyl (C=O) groups excluding carboxylic acids is 1. The fraction of sp³-hybridized carbons (Fsp3) is 0.273. The van der Waals surface area contributed by atoms with Crippen LogP contribution in [0.15, 0.2) is 18.2 Å². The number of benzene rings is 1. The van der Waals surface area contributed by atoms with Crippen molar-refractivity contribution >= 4 is 29.2 Å². The van der Waals surface area contributed by atoms with Crippen molar-refractivity contribution in [3.8, 4) is 0 Å². The van der Waals surface area contributed by atoms with Crippen LogP contribution >= 0.6 is 11.6 Å². The Labute approximate surface area is 98.2 Å². The van der Waals surface area contributed by atoms with E-state index in [4.69, 9.17) is 16.7 Å². The highest BCUT2D eigenvalue weighted by Gasteiger charge is 2.12. The molecule has 4 nitrogen and oxygen atoms in total.